The number of ether oxygens (including phenoxy) is 1. The molecule has 22 heavy (non-hydrogen) atoms. The number of benzene rings is 1. The van der Waals surface area contributed by atoms with E-state index in [0.717, 1.165) is 11.8 Å². The van der Waals surface area contributed by atoms with Crippen molar-refractivity contribution in [2.45, 2.75) is 11.8 Å². The largest absolute Gasteiger partial charge is 0.453 e. The lowest BCUT2D eigenvalue weighted by atomic mass is 10.2. The summed E-state index contributed by atoms with van der Waals surface area (Å²) in [6, 6.07) is 4.76. The van der Waals surface area contributed by atoms with Gasteiger partial charge in [-0.05, 0) is 42.2 Å². The van der Waals surface area contributed by atoms with Gasteiger partial charge in [-0.1, -0.05) is 0 Å². The Morgan fingerprint density at radius 2 is 1.91 bits per heavy atom. The Morgan fingerprint density at radius 1 is 1.23 bits per heavy atom. The maximum Gasteiger partial charge on any atom is 0.413 e. The summed E-state index contributed by atoms with van der Waals surface area (Å²) in [4.78, 5) is 33.8. The summed E-state index contributed by atoms with van der Waals surface area (Å²) < 4.78 is 4.41. The second-order valence-electron chi connectivity index (χ2n) is 3.88. The van der Waals surface area contributed by atoms with Crippen LogP contribution in [0.25, 0.3) is 0 Å². The first-order chi connectivity index (χ1) is 10.3. The fourth-order valence-electron chi connectivity index (χ4n) is 1.40. The number of nitrogens with two attached hydrogens (primary N) is 1. The van der Waals surface area contributed by atoms with Gasteiger partial charge >= 0.3 is 6.09 Å². The van der Waals surface area contributed by atoms with Gasteiger partial charge in [0.05, 0.1) is 18.5 Å². The van der Waals surface area contributed by atoms with Crippen molar-refractivity contribution in [1.82, 2.24) is 5.32 Å². The van der Waals surface area contributed by atoms with E-state index in [1.54, 1.807) is 18.2 Å². The van der Waals surface area contributed by atoms with Crippen LogP contribution in [-0.2, 0) is 9.53 Å². The third-order valence-electron chi connectivity index (χ3n) is 2.17. The SMILES string of the molecule is COC(=O)NC(=S)Nc1ccc(SC(N)=O)cc1NC(C)=O. The van der Waals surface area contributed by atoms with Gasteiger partial charge in [0.25, 0.3) is 5.24 Å². The smallest absolute Gasteiger partial charge is 0.413 e. The summed E-state index contributed by atoms with van der Waals surface area (Å²) in [5.41, 5.74) is 5.92. The molecule has 0 aliphatic heterocycles. The predicted molar refractivity (Wildman–Crippen MR) is 87.9 cm³/mol. The highest BCUT2D eigenvalue weighted by molar-refractivity contribution is 8.13. The molecule has 1 rings (SSSR count). The van der Waals surface area contributed by atoms with Crippen LogP contribution in [0.5, 0.6) is 0 Å². The third-order valence-corrected chi connectivity index (χ3v) is 3.06. The molecule has 0 heterocycles. The minimum absolute atomic E-state index is 0.00578. The number of rotatable bonds is 3. The molecule has 5 N–H and O–H groups in total. The number of nitrogens with one attached hydrogen (secondary N) is 3. The molecule has 0 atom stereocenters. The molecule has 118 valence electrons. The van der Waals surface area contributed by atoms with Crippen molar-refractivity contribution in [2.24, 2.45) is 5.73 Å². The first kappa shape index (κ1) is 17.7. The number of hydrogen-bond donors (Lipinski definition) is 4. The van der Waals surface area contributed by atoms with E-state index >= 15 is 0 Å². The number of thioether (sulfide) groups is 1. The van der Waals surface area contributed by atoms with Crippen LogP contribution in [0.4, 0.5) is 21.0 Å². The Bertz CT molecular complexity index is 621. The Labute approximate surface area is 136 Å². The van der Waals surface area contributed by atoms with E-state index in [9.17, 15) is 14.4 Å². The number of thiocarbonyl (C=S) groups is 1. The van der Waals surface area contributed by atoms with Crippen LogP contribution in [-0.4, -0.2) is 29.5 Å². The van der Waals surface area contributed by atoms with Gasteiger partial charge in [0.2, 0.25) is 5.91 Å². The lowest BCUT2D eigenvalue weighted by Crippen LogP contribution is -2.34. The molecular weight excluding hydrogens is 328 g/mol. The molecule has 1 aromatic rings. The standard InChI is InChI=1S/C12H14N4O4S2/c1-6(17)14-9-5-7(22-10(13)18)3-4-8(9)15-11(21)16-12(19)20-2/h3-5H,1-2H3,(H2,13,18)(H,14,17)(H2,15,16,19,21). The van der Waals surface area contributed by atoms with Crippen LogP contribution in [0.2, 0.25) is 0 Å². The Morgan fingerprint density at radius 3 is 2.45 bits per heavy atom. The zero-order valence-corrected chi connectivity index (χ0v) is 13.4. The van der Waals surface area contributed by atoms with Crippen molar-refractivity contribution in [2.75, 3.05) is 17.7 Å². The summed E-state index contributed by atoms with van der Waals surface area (Å²) in [6.07, 6.45) is -0.723. The van der Waals surface area contributed by atoms with Gasteiger partial charge in [-0.25, -0.2) is 4.79 Å². The highest BCUT2D eigenvalue weighted by atomic mass is 32.2. The predicted octanol–water partition coefficient (Wildman–Crippen LogP) is 1.87. The van der Waals surface area contributed by atoms with Crippen molar-refractivity contribution in [3.8, 4) is 0 Å². The third kappa shape index (κ3) is 5.97. The molecule has 0 saturated carbocycles. The maximum atomic E-state index is 11.2. The Balaban J connectivity index is 2.96. The summed E-state index contributed by atoms with van der Waals surface area (Å²) >= 11 is 5.76. The van der Waals surface area contributed by atoms with Gasteiger partial charge in [0.15, 0.2) is 5.11 Å². The van der Waals surface area contributed by atoms with Crippen molar-refractivity contribution in [3.63, 3.8) is 0 Å². The van der Waals surface area contributed by atoms with E-state index in [1.807, 2.05) is 0 Å². The normalized spacial score (nSPS) is 9.55. The van der Waals surface area contributed by atoms with E-state index in [1.165, 1.54) is 14.0 Å². The van der Waals surface area contributed by atoms with Crippen LogP contribution in [0.3, 0.4) is 0 Å². The van der Waals surface area contributed by atoms with E-state index in [2.05, 4.69) is 20.7 Å². The molecule has 0 spiro atoms. The molecule has 10 heteroatoms. The molecule has 0 aromatic heterocycles. The van der Waals surface area contributed by atoms with Gasteiger partial charge in [0, 0.05) is 11.8 Å². The van der Waals surface area contributed by atoms with Crippen LogP contribution in [0, 0.1) is 0 Å². The molecule has 0 bridgehead atoms. The molecule has 0 saturated heterocycles. The molecule has 0 aliphatic carbocycles. The molecule has 1 aromatic carbocycles. The van der Waals surface area contributed by atoms with Gasteiger partial charge in [0.1, 0.15) is 0 Å². The molecular formula is C12H14N4O4S2. The zero-order valence-electron chi connectivity index (χ0n) is 11.8. The highest BCUT2D eigenvalue weighted by Gasteiger charge is 2.10. The van der Waals surface area contributed by atoms with E-state index < -0.39 is 11.3 Å². The lowest BCUT2D eigenvalue weighted by Gasteiger charge is -2.14. The van der Waals surface area contributed by atoms with Crippen molar-refractivity contribution < 1.29 is 19.1 Å². The number of alkyl carbamates (subject to hydrolysis) is 1. The fraction of sp³-hybridized carbons (Fsp3) is 0.167. The summed E-state index contributed by atoms with van der Waals surface area (Å²) in [5, 5.41) is 7.03. The topological polar surface area (TPSA) is 123 Å². The van der Waals surface area contributed by atoms with Crippen molar-refractivity contribution in [1.29, 1.82) is 0 Å². The summed E-state index contributed by atoms with van der Waals surface area (Å²) in [7, 11) is 1.20. The molecule has 0 unspecified atom stereocenters. The number of methoxy groups -OCH3 is 1. The minimum atomic E-state index is -0.723. The number of primary amides is 1. The number of amides is 3. The molecule has 0 fully saturated rings. The summed E-state index contributed by atoms with van der Waals surface area (Å²) in [6.45, 7) is 1.34. The number of hydrogen-bond acceptors (Lipinski definition) is 6. The van der Waals surface area contributed by atoms with Gasteiger partial charge < -0.3 is 21.1 Å². The van der Waals surface area contributed by atoms with Crippen LogP contribution >= 0.6 is 24.0 Å². The second kappa shape index (κ2) is 8.20. The first-order valence-corrected chi connectivity index (χ1v) is 7.09. The zero-order chi connectivity index (χ0) is 16.7. The second-order valence-corrected chi connectivity index (χ2v) is 5.37. The average molecular weight is 342 g/mol. The fourth-order valence-corrected chi connectivity index (χ4v) is 2.14. The minimum Gasteiger partial charge on any atom is -0.453 e. The van der Waals surface area contributed by atoms with E-state index in [4.69, 9.17) is 18.0 Å². The Kier molecular flexibility index (Phi) is 6.60. The van der Waals surface area contributed by atoms with Crippen molar-refractivity contribution in [3.05, 3.63) is 18.2 Å². The molecule has 8 nitrogen and oxygen atoms in total. The number of carbonyl (C=O) groups excluding carboxylic acids is 3. The average Bonchev–Trinajstić information content (AvgIpc) is 2.40. The molecule has 0 aliphatic rings. The van der Waals surface area contributed by atoms with E-state index in [0.29, 0.717) is 16.3 Å². The van der Waals surface area contributed by atoms with Gasteiger partial charge in [-0.2, -0.15) is 0 Å². The van der Waals surface area contributed by atoms with Gasteiger partial charge in [-0.15, -0.1) is 0 Å². The quantitative estimate of drug-likeness (QED) is 0.488. The Hall–Kier alpha value is -2.33. The van der Waals surface area contributed by atoms with Crippen LogP contribution in [0.1, 0.15) is 6.92 Å². The number of carbonyl (C=O) groups is 3. The lowest BCUT2D eigenvalue weighted by molar-refractivity contribution is -0.114. The first-order valence-electron chi connectivity index (χ1n) is 5.86. The van der Waals surface area contributed by atoms with Crippen LogP contribution in [0.15, 0.2) is 23.1 Å². The van der Waals surface area contributed by atoms with Gasteiger partial charge in [-0.3, -0.25) is 14.9 Å². The maximum absolute atomic E-state index is 11.2. The highest BCUT2D eigenvalue weighted by Crippen LogP contribution is 2.28. The number of anilines is 2. The van der Waals surface area contributed by atoms with E-state index in [-0.39, 0.29) is 11.0 Å². The summed E-state index contributed by atoms with van der Waals surface area (Å²) in [5.74, 6) is -0.309. The van der Waals surface area contributed by atoms with Crippen molar-refractivity contribution >= 4 is 57.7 Å². The van der Waals surface area contributed by atoms with Crippen LogP contribution < -0.4 is 21.7 Å². The molecule has 0 radical (unpaired) electrons. The molecule has 3 amide bonds. The monoisotopic (exact) mass is 342 g/mol.